The molecule has 0 saturated heterocycles. The number of aliphatic hydroxyl groups excluding tert-OH is 1. The van der Waals surface area contributed by atoms with E-state index in [1.165, 1.54) is 0 Å². The van der Waals surface area contributed by atoms with Gasteiger partial charge in [0.05, 0.1) is 0 Å². The summed E-state index contributed by atoms with van der Waals surface area (Å²) in [5, 5.41) is 17.2. The first-order valence-electron chi connectivity index (χ1n) is 3.46. The van der Waals surface area contributed by atoms with Gasteiger partial charge in [-0.05, 0) is 0 Å². The number of hydrogen-bond acceptors (Lipinski definition) is 5. The Morgan fingerprint density at radius 2 is 1.86 bits per heavy atom. The molecule has 0 saturated carbocycles. The van der Waals surface area contributed by atoms with Gasteiger partial charge in [-0.25, -0.2) is 0 Å². The van der Waals surface area contributed by atoms with E-state index in [4.69, 9.17) is 10.2 Å². The molecular formula is C6H7NO5P2. The molecule has 0 amide bonds. The summed E-state index contributed by atoms with van der Waals surface area (Å²) in [5.41, 5.74) is 0. The maximum atomic E-state index is 10.6. The van der Waals surface area contributed by atoms with Crippen molar-refractivity contribution in [3.05, 3.63) is 0 Å². The molecule has 0 unspecified atom stereocenters. The fourth-order valence-corrected chi connectivity index (χ4v) is 1.37. The molecule has 0 rings (SSSR count). The van der Waals surface area contributed by atoms with Crippen LogP contribution in [0.2, 0.25) is 0 Å². The van der Waals surface area contributed by atoms with Crippen LogP contribution in [0.5, 0.6) is 0 Å². The van der Waals surface area contributed by atoms with Crippen LogP contribution in [0, 0.1) is 11.5 Å². The van der Waals surface area contributed by atoms with Crippen molar-refractivity contribution in [3.8, 4) is 11.5 Å². The Morgan fingerprint density at radius 1 is 1.36 bits per heavy atom. The zero-order chi connectivity index (χ0) is 11.0. The van der Waals surface area contributed by atoms with Crippen molar-refractivity contribution in [1.29, 1.82) is 0 Å². The normalized spacial score (nSPS) is 11.3. The summed E-state index contributed by atoms with van der Waals surface area (Å²) in [6, 6.07) is -1.16. The van der Waals surface area contributed by atoms with Crippen molar-refractivity contribution in [2.24, 2.45) is 0 Å². The van der Waals surface area contributed by atoms with Gasteiger partial charge >= 0.3 is 81.4 Å². The summed E-state index contributed by atoms with van der Waals surface area (Å²) in [4.78, 5) is 11.4. The Labute approximate surface area is 82.2 Å². The molecule has 0 aliphatic heterocycles. The molecule has 0 fully saturated rings. The minimum atomic E-state index is -1.24. The van der Waals surface area contributed by atoms with Crippen LogP contribution in [0.15, 0.2) is 0 Å². The van der Waals surface area contributed by atoms with Crippen molar-refractivity contribution in [2.45, 2.75) is 12.5 Å². The van der Waals surface area contributed by atoms with Crippen molar-refractivity contribution < 1.29 is 24.1 Å². The Kier molecular flexibility index (Phi) is 7.45. The second kappa shape index (κ2) is 7.78. The predicted octanol–water partition coefficient (Wildman–Crippen LogP) is 0.541. The van der Waals surface area contributed by atoms with E-state index in [1.54, 1.807) is 0 Å². The van der Waals surface area contributed by atoms with Crippen LogP contribution >= 0.6 is 15.8 Å². The van der Waals surface area contributed by atoms with Crippen LogP contribution in [0.3, 0.4) is 0 Å². The molecule has 0 radical (unpaired) electrons. The summed E-state index contributed by atoms with van der Waals surface area (Å²) in [6.45, 7) is -0.359. The third-order valence-electron chi connectivity index (χ3n) is 1.30. The second-order valence-corrected chi connectivity index (χ2v) is 2.88. The van der Waals surface area contributed by atoms with Crippen LogP contribution < -0.4 is 0 Å². The van der Waals surface area contributed by atoms with Crippen molar-refractivity contribution >= 4 is 21.8 Å². The first-order chi connectivity index (χ1) is 6.67. The third kappa shape index (κ3) is 4.59. The van der Waals surface area contributed by atoms with Gasteiger partial charge in [-0.2, -0.15) is 0 Å². The molecule has 0 aromatic heterocycles. The Hall–Kier alpha value is -0.590. The van der Waals surface area contributed by atoms with Gasteiger partial charge in [0.25, 0.3) is 0 Å². The molecule has 2 N–H and O–H groups in total. The van der Waals surface area contributed by atoms with E-state index in [0.29, 0.717) is 0 Å². The van der Waals surface area contributed by atoms with Gasteiger partial charge < -0.3 is 0 Å². The zero-order valence-corrected chi connectivity index (χ0v) is 8.74. The molecule has 14 heavy (non-hydrogen) atoms. The Morgan fingerprint density at radius 3 is 2.14 bits per heavy atom. The van der Waals surface area contributed by atoms with Gasteiger partial charge in [-0.15, -0.1) is 0 Å². The molecule has 6 nitrogen and oxygen atoms in total. The minimum absolute atomic E-state index is 0.0969. The first-order valence-corrected chi connectivity index (χ1v) is 5.08. The molecule has 0 spiro atoms. The fraction of sp³-hybridized carbons (Fsp3) is 0.500. The van der Waals surface area contributed by atoms with Crippen LogP contribution in [-0.4, -0.2) is 33.7 Å². The molecule has 0 aromatic carbocycles. The van der Waals surface area contributed by atoms with Gasteiger partial charge in [0.2, 0.25) is 0 Å². The Bertz CT molecular complexity index is 368. The average molecular weight is 235 g/mol. The summed E-state index contributed by atoms with van der Waals surface area (Å²) < 4.78 is 20.3. The number of rotatable bonds is 4. The molecule has 0 aromatic rings. The van der Waals surface area contributed by atoms with Crippen LogP contribution in [0.4, 0.5) is 0 Å². The maximum absolute atomic E-state index is 10.6. The zero-order valence-electron chi connectivity index (χ0n) is 6.95. The van der Waals surface area contributed by atoms with E-state index >= 15 is 0 Å². The molecule has 0 aliphatic carbocycles. The average Bonchev–Trinajstić information content (AvgIpc) is 2.13. The van der Waals surface area contributed by atoms with E-state index in [-0.39, 0.29) is 13.0 Å². The topological polar surface area (TPSA) is 94.9 Å². The van der Waals surface area contributed by atoms with Crippen molar-refractivity contribution in [3.63, 3.8) is 0 Å². The predicted molar refractivity (Wildman–Crippen MR) is 48.0 cm³/mol. The number of carboxylic acids is 1. The van der Waals surface area contributed by atoms with Gasteiger partial charge in [0.1, 0.15) is 0 Å². The fourth-order valence-electron chi connectivity index (χ4n) is 0.735. The molecule has 1 atom stereocenters. The molecule has 0 aliphatic rings. The summed E-state index contributed by atoms with van der Waals surface area (Å²) >= 11 is 0. The van der Waals surface area contributed by atoms with E-state index in [1.807, 2.05) is 0 Å². The van der Waals surface area contributed by atoms with E-state index < -0.39 is 27.8 Å². The van der Waals surface area contributed by atoms with E-state index in [2.05, 4.69) is 11.5 Å². The second-order valence-electron chi connectivity index (χ2n) is 2.12. The van der Waals surface area contributed by atoms with E-state index in [0.717, 1.165) is 4.90 Å². The summed E-state index contributed by atoms with van der Waals surface area (Å²) in [7, 11) is -1.09. The molecule has 0 heterocycles. The van der Waals surface area contributed by atoms with Crippen LogP contribution in [0.25, 0.3) is 0 Å². The van der Waals surface area contributed by atoms with Crippen molar-refractivity contribution in [2.75, 3.05) is 6.61 Å². The van der Waals surface area contributed by atoms with Gasteiger partial charge in [0.15, 0.2) is 0 Å². The number of carbonyl (C=O) groups is 1. The van der Waals surface area contributed by atoms with Crippen LogP contribution in [0.1, 0.15) is 6.42 Å². The monoisotopic (exact) mass is 235 g/mol. The molecular weight excluding hydrogens is 228 g/mol. The molecule has 0 bridgehead atoms. The van der Waals surface area contributed by atoms with Gasteiger partial charge in [-0.3, -0.25) is 0 Å². The number of aliphatic carboxylic acids is 1. The van der Waals surface area contributed by atoms with E-state index in [9.17, 15) is 13.9 Å². The number of aliphatic hydroxyl groups is 1. The van der Waals surface area contributed by atoms with Crippen LogP contribution in [-0.2, 0) is 13.9 Å². The number of hydrogen-bond donors (Lipinski definition) is 2. The number of nitrogens with zero attached hydrogens (tertiary/aromatic N) is 1. The van der Waals surface area contributed by atoms with Gasteiger partial charge in [-0.1, -0.05) is 0 Å². The quantitative estimate of drug-likeness (QED) is 0.545. The summed E-state index contributed by atoms with van der Waals surface area (Å²) in [6.07, 6.45) is -0.0969. The third-order valence-corrected chi connectivity index (χ3v) is 1.89. The molecule has 76 valence electrons. The Balaban J connectivity index is 4.93. The SMILES string of the molecule is O=P#CN(C#P=O)[C@@H](CCO)C(=O)O. The number of carboxylic acid groups (broad SMARTS) is 1. The first kappa shape index (κ1) is 13.4. The summed E-state index contributed by atoms with van der Waals surface area (Å²) in [5.74, 6) is 2.94. The standard InChI is InChI=1S/C6H7NO5P2/c8-2-1-5(6(9)10)7(3-13-11)4-14-12/h5,8H,1-2H2,(H,9,10)/t5-/m0/s1. The molecule has 8 heteroatoms. The van der Waals surface area contributed by atoms with Crippen molar-refractivity contribution in [1.82, 2.24) is 4.90 Å². The van der Waals surface area contributed by atoms with Gasteiger partial charge in [0, 0.05) is 0 Å².